The van der Waals surface area contributed by atoms with Crippen LogP contribution in [0, 0.1) is 0 Å². The number of rotatable bonds is 7. The van der Waals surface area contributed by atoms with E-state index in [-0.39, 0.29) is 35.9 Å². The van der Waals surface area contributed by atoms with Crippen molar-refractivity contribution in [2.24, 2.45) is 4.99 Å². The van der Waals surface area contributed by atoms with Crippen LogP contribution in [0.1, 0.15) is 32.3 Å². The number of carbonyl (C=O) groups excluding carboxylic acids is 1. The lowest BCUT2D eigenvalue weighted by Gasteiger charge is -2.18. The molecule has 0 aliphatic carbocycles. The zero-order valence-electron chi connectivity index (χ0n) is 17.6. The van der Waals surface area contributed by atoms with Crippen molar-refractivity contribution in [3.8, 4) is 0 Å². The van der Waals surface area contributed by atoms with Crippen molar-refractivity contribution in [2.45, 2.75) is 49.1 Å². The molecule has 162 valence electrons. The van der Waals surface area contributed by atoms with Crippen LogP contribution in [0.4, 0.5) is 0 Å². The number of benzene rings is 2. The highest BCUT2D eigenvalue weighted by Crippen LogP contribution is 2.27. The molecule has 5 nitrogen and oxygen atoms in total. The monoisotopic (exact) mass is 538 g/mol. The van der Waals surface area contributed by atoms with Crippen LogP contribution in [0.2, 0.25) is 0 Å². The number of halogens is 1. The van der Waals surface area contributed by atoms with Crippen LogP contribution >= 0.6 is 35.7 Å². The van der Waals surface area contributed by atoms with Gasteiger partial charge >= 0.3 is 0 Å². The molecule has 1 atom stereocenters. The maximum atomic E-state index is 11.9. The summed E-state index contributed by atoms with van der Waals surface area (Å²) in [6, 6.07) is 19.2. The minimum atomic E-state index is 0. The normalized spacial score (nSPS) is 16.1. The lowest BCUT2D eigenvalue weighted by molar-refractivity contribution is -0.129. The van der Waals surface area contributed by atoms with Crippen molar-refractivity contribution >= 4 is 47.6 Å². The number of carbonyl (C=O) groups is 1. The molecule has 0 aromatic heterocycles. The van der Waals surface area contributed by atoms with Crippen LogP contribution in [0.3, 0.4) is 0 Å². The SMILES string of the molecule is CCNC(=NCc1ccc(Sc2ccccc2)cc1)NC1CCN(C(=O)CC)C1.I. The summed E-state index contributed by atoms with van der Waals surface area (Å²) in [4.78, 5) is 21.0. The molecule has 0 spiro atoms. The van der Waals surface area contributed by atoms with E-state index in [4.69, 9.17) is 4.99 Å². The van der Waals surface area contributed by atoms with Gasteiger partial charge < -0.3 is 15.5 Å². The van der Waals surface area contributed by atoms with Crippen molar-refractivity contribution in [3.63, 3.8) is 0 Å². The molecule has 0 saturated carbocycles. The Labute approximate surface area is 201 Å². The molecule has 2 aromatic rings. The number of guanidine groups is 1. The molecule has 0 radical (unpaired) electrons. The van der Waals surface area contributed by atoms with E-state index in [1.165, 1.54) is 15.4 Å². The van der Waals surface area contributed by atoms with Gasteiger partial charge in [0.25, 0.3) is 0 Å². The molecule has 1 fully saturated rings. The smallest absolute Gasteiger partial charge is 0.222 e. The Balaban J connectivity index is 0.00000320. The molecule has 1 heterocycles. The number of amides is 1. The molecule has 1 aliphatic rings. The van der Waals surface area contributed by atoms with Gasteiger partial charge in [-0.25, -0.2) is 4.99 Å². The van der Waals surface area contributed by atoms with E-state index in [1.807, 2.05) is 17.9 Å². The van der Waals surface area contributed by atoms with Crippen LogP contribution < -0.4 is 10.6 Å². The van der Waals surface area contributed by atoms with Gasteiger partial charge in [0.1, 0.15) is 0 Å². The molecule has 1 saturated heterocycles. The Hall–Kier alpha value is -1.74. The fourth-order valence-corrected chi connectivity index (χ4v) is 4.14. The third-order valence-electron chi connectivity index (χ3n) is 4.85. The van der Waals surface area contributed by atoms with Gasteiger partial charge in [0.05, 0.1) is 6.54 Å². The topological polar surface area (TPSA) is 56.7 Å². The maximum Gasteiger partial charge on any atom is 0.222 e. The molecule has 1 aliphatic heterocycles. The summed E-state index contributed by atoms with van der Waals surface area (Å²) in [6.07, 6.45) is 1.53. The van der Waals surface area contributed by atoms with Gasteiger partial charge in [0.15, 0.2) is 5.96 Å². The zero-order valence-corrected chi connectivity index (χ0v) is 20.8. The van der Waals surface area contributed by atoms with Crippen molar-refractivity contribution < 1.29 is 4.79 Å². The summed E-state index contributed by atoms with van der Waals surface area (Å²) in [5.74, 6) is 1.04. The molecule has 0 bridgehead atoms. The highest BCUT2D eigenvalue weighted by atomic mass is 127. The zero-order chi connectivity index (χ0) is 20.5. The first-order valence-electron chi connectivity index (χ1n) is 10.3. The number of likely N-dealkylation sites (tertiary alicyclic amines) is 1. The Kier molecular flexibility index (Phi) is 10.5. The fourth-order valence-electron chi connectivity index (χ4n) is 3.30. The highest BCUT2D eigenvalue weighted by molar-refractivity contribution is 14.0. The molecule has 1 unspecified atom stereocenters. The molecule has 7 heteroatoms. The van der Waals surface area contributed by atoms with Gasteiger partial charge in [-0.15, -0.1) is 24.0 Å². The van der Waals surface area contributed by atoms with E-state index >= 15 is 0 Å². The van der Waals surface area contributed by atoms with Gasteiger partial charge in [0, 0.05) is 41.9 Å². The number of aliphatic imine (C=N–C) groups is 1. The summed E-state index contributed by atoms with van der Waals surface area (Å²) in [5, 5.41) is 6.79. The van der Waals surface area contributed by atoms with Crippen molar-refractivity contribution in [1.29, 1.82) is 0 Å². The lowest BCUT2D eigenvalue weighted by atomic mass is 10.2. The maximum absolute atomic E-state index is 11.9. The summed E-state index contributed by atoms with van der Waals surface area (Å²) in [6.45, 7) is 6.98. The van der Waals surface area contributed by atoms with Crippen molar-refractivity contribution in [2.75, 3.05) is 19.6 Å². The van der Waals surface area contributed by atoms with E-state index in [1.54, 1.807) is 11.8 Å². The van der Waals surface area contributed by atoms with Crippen LogP contribution in [0.25, 0.3) is 0 Å². The molecule has 1 amide bonds. The summed E-state index contributed by atoms with van der Waals surface area (Å²) >= 11 is 1.76. The van der Waals surface area contributed by atoms with Crippen LogP contribution in [-0.2, 0) is 11.3 Å². The molecule has 2 aromatic carbocycles. The van der Waals surface area contributed by atoms with Crippen LogP contribution in [-0.4, -0.2) is 42.4 Å². The second-order valence-corrected chi connectivity index (χ2v) is 8.22. The highest BCUT2D eigenvalue weighted by Gasteiger charge is 2.25. The Morgan fingerprint density at radius 2 is 1.80 bits per heavy atom. The average molecular weight is 538 g/mol. The van der Waals surface area contributed by atoms with Gasteiger partial charge in [-0.2, -0.15) is 0 Å². The summed E-state index contributed by atoms with van der Waals surface area (Å²) in [5.41, 5.74) is 1.17. The van der Waals surface area contributed by atoms with E-state index in [2.05, 4.69) is 66.1 Å². The number of nitrogens with zero attached hydrogens (tertiary/aromatic N) is 2. The predicted octanol–water partition coefficient (Wildman–Crippen LogP) is 4.52. The third-order valence-corrected chi connectivity index (χ3v) is 5.87. The van der Waals surface area contributed by atoms with Gasteiger partial charge in [-0.3, -0.25) is 4.79 Å². The first-order valence-corrected chi connectivity index (χ1v) is 11.1. The van der Waals surface area contributed by atoms with Gasteiger partial charge in [-0.1, -0.05) is 49.0 Å². The third kappa shape index (κ3) is 7.50. The molecular weight excluding hydrogens is 507 g/mol. The predicted molar refractivity (Wildman–Crippen MR) is 136 cm³/mol. The van der Waals surface area contributed by atoms with E-state index in [0.717, 1.165) is 32.0 Å². The standard InChI is InChI=1S/C23H30N4OS.HI/c1-3-22(28)27-15-14-19(17-27)26-23(24-4-2)25-16-18-10-12-21(13-11-18)29-20-8-6-5-7-9-20;/h5-13,19H,3-4,14-17H2,1-2H3,(H2,24,25,26);1H. The fraction of sp³-hybridized carbons (Fsp3) is 0.391. The second kappa shape index (κ2) is 12.8. The quantitative estimate of drug-likeness (QED) is 0.309. The van der Waals surface area contributed by atoms with Crippen LogP contribution in [0.5, 0.6) is 0 Å². The first-order chi connectivity index (χ1) is 14.2. The number of nitrogens with one attached hydrogen (secondary N) is 2. The van der Waals surface area contributed by atoms with E-state index < -0.39 is 0 Å². The lowest BCUT2D eigenvalue weighted by Crippen LogP contribution is -2.45. The largest absolute Gasteiger partial charge is 0.357 e. The number of hydrogen-bond donors (Lipinski definition) is 2. The molecule has 2 N–H and O–H groups in total. The van der Waals surface area contributed by atoms with E-state index in [9.17, 15) is 4.79 Å². The Morgan fingerprint density at radius 3 is 2.47 bits per heavy atom. The second-order valence-electron chi connectivity index (χ2n) is 7.08. The number of hydrogen-bond acceptors (Lipinski definition) is 3. The molecule has 3 rings (SSSR count). The molecular formula is C23H31IN4OS. The minimum absolute atomic E-state index is 0. The first kappa shape index (κ1) is 24.5. The summed E-state index contributed by atoms with van der Waals surface area (Å²) < 4.78 is 0. The van der Waals surface area contributed by atoms with Crippen LogP contribution in [0.15, 0.2) is 69.4 Å². The minimum Gasteiger partial charge on any atom is -0.357 e. The Bertz CT molecular complexity index is 814. The van der Waals surface area contributed by atoms with Gasteiger partial charge in [-0.05, 0) is 43.2 Å². The van der Waals surface area contributed by atoms with Crippen molar-refractivity contribution in [3.05, 3.63) is 60.2 Å². The van der Waals surface area contributed by atoms with Gasteiger partial charge in [0.2, 0.25) is 5.91 Å². The average Bonchev–Trinajstić information content (AvgIpc) is 3.22. The van der Waals surface area contributed by atoms with E-state index in [0.29, 0.717) is 13.0 Å². The van der Waals surface area contributed by atoms with Crippen molar-refractivity contribution in [1.82, 2.24) is 15.5 Å². The summed E-state index contributed by atoms with van der Waals surface area (Å²) in [7, 11) is 0. The molecule has 30 heavy (non-hydrogen) atoms. The Morgan fingerprint density at radius 1 is 1.10 bits per heavy atom.